The number of carbonyl (C=O) groups is 2. The summed E-state index contributed by atoms with van der Waals surface area (Å²) in [6, 6.07) is 9.67. The molecular formula is C27H32FN5O3. The lowest BCUT2D eigenvalue weighted by Gasteiger charge is -2.44. The van der Waals surface area contributed by atoms with Gasteiger partial charge in [-0.25, -0.2) is 14.2 Å². The smallest absolute Gasteiger partial charge is 0.407 e. The van der Waals surface area contributed by atoms with E-state index in [1.54, 1.807) is 31.3 Å². The Labute approximate surface area is 210 Å². The Morgan fingerprint density at radius 2 is 1.89 bits per heavy atom. The lowest BCUT2D eigenvalue weighted by atomic mass is 9.79. The molecule has 1 fully saturated rings. The molecule has 1 aliphatic heterocycles. The zero-order valence-corrected chi connectivity index (χ0v) is 21.0. The van der Waals surface area contributed by atoms with Crippen molar-refractivity contribution in [3.05, 3.63) is 54.6 Å². The number of pyridine rings is 1. The fourth-order valence-electron chi connectivity index (χ4n) is 4.75. The Morgan fingerprint density at radius 3 is 2.53 bits per heavy atom. The number of benzene rings is 1. The standard InChI is InChI=1S/C27H32FN5O3/c1-5-24(34)30-23-14-18(10-12-29-23)21-16-33(31-25(21)17-6-8-19(28)9-7-17)20-11-13-32(26(35)36)22(15-20)27(2,3)4/h6-10,12,14,16,20,22H,5,11,13,15H2,1-4H3,(H,35,36)(H,29,30,34). The summed E-state index contributed by atoms with van der Waals surface area (Å²) in [4.78, 5) is 29.6. The summed E-state index contributed by atoms with van der Waals surface area (Å²) < 4.78 is 15.6. The van der Waals surface area contributed by atoms with Crippen LogP contribution in [0.15, 0.2) is 48.8 Å². The Kier molecular flexibility index (Phi) is 7.10. The summed E-state index contributed by atoms with van der Waals surface area (Å²) in [6.45, 7) is 8.36. The number of nitrogens with one attached hydrogen (secondary N) is 1. The van der Waals surface area contributed by atoms with Crippen LogP contribution in [0.25, 0.3) is 22.4 Å². The van der Waals surface area contributed by atoms with E-state index in [9.17, 15) is 19.1 Å². The number of aromatic nitrogens is 3. The topological polar surface area (TPSA) is 100 Å². The number of amides is 2. The monoisotopic (exact) mass is 493 g/mol. The Balaban J connectivity index is 1.75. The summed E-state index contributed by atoms with van der Waals surface area (Å²) in [5.74, 6) is -0.0190. The second-order valence-corrected chi connectivity index (χ2v) is 10.2. The van der Waals surface area contributed by atoms with Gasteiger partial charge in [0, 0.05) is 42.5 Å². The summed E-state index contributed by atoms with van der Waals surface area (Å²) in [5.41, 5.74) is 2.85. The highest BCUT2D eigenvalue weighted by atomic mass is 19.1. The van der Waals surface area contributed by atoms with Gasteiger partial charge in [-0.15, -0.1) is 0 Å². The molecule has 3 heterocycles. The zero-order valence-electron chi connectivity index (χ0n) is 21.0. The number of nitrogens with zero attached hydrogens (tertiary/aromatic N) is 4. The molecule has 1 aliphatic rings. The highest BCUT2D eigenvalue weighted by Crippen LogP contribution is 2.39. The quantitative estimate of drug-likeness (QED) is 0.466. The van der Waals surface area contributed by atoms with Crippen LogP contribution in [0.4, 0.5) is 15.0 Å². The van der Waals surface area contributed by atoms with E-state index in [0.29, 0.717) is 37.3 Å². The molecule has 1 aromatic carbocycles. The summed E-state index contributed by atoms with van der Waals surface area (Å²) >= 11 is 0. The molecule has 0 saturated carbocycles. The van der Waals surface area contributed by atoms with Crippen LogP contribution in [0.3, 0.4) is 0 Å². The number of hydrogen-bond acceptors (Lipinski definition) is 4. The van der Waals surface area contributed by atoms with Gasteiger partial charge in [0.2, 0.25) is 5.91 Å². The molecular weight excluding hydrogens is 461 g/mol. The van der Waals surface area contributed by atoms with Gasteiger partial charge >= 0.3 is 6.09 Å². The molecule has 4 rings (SSSR count). The molecule has 9 heteroatoms. The Morgan fingerprint density at radius 1 is 1.17 bits per heavy atom. The maximum absolute atomic E-state index is 13.7. The Bertz CT molecular complexity index is 1250. The van der Waals surface area contributed by atoms with E-state index >= 15 is 0 Å². The largest absolute Gasteiger partial charge is 0.465 e. The van der Waals surface area contributed by atoms with Crippen molar-refractivity contribution in [3.8, 4) is 22.4 Å². The van der Waals surface area contributed by atoms with Crippen molar-refractivity contribution in [2.75, 3.05) is 11.9 Å². The molecule has 2 N–H and O–H groups in total. The summed E-state index contributed by atoms with van der Waals surface area (Å²) in [5, 5.41) is 17.5. The average Bonchev–Trinajstić information content (AvgIpc) is 3.29. The molecule has 2 aromatic heterocycles. The van der Waals surface area contributed by atoms with Crippen molar-refractivity contribution in [1.82, 2.24) is 19.7 Å². The van der Waals surface area contributed by atoms with Crippen LogP contribution in [0, 0.1) is 11.2 Å². The number of carboxylic acid groups (broad SMARTS) is 1. The van der Waals surface area contributed by atoms with Gasteiger partial charge in [0.05, 0.1) is 6.04 Å². The first-order chi connectivity index (χ1) is 17.1. The predicted molar refractivity (Wildman–Crippen MR) is 136 cm³/mol. The molecule has 3 aromatic rings. The zero-order chi connectivity index (χ0) is 26.0. The van der Waals surface area contributed by atoms with Crippen molar-refractivity contribution in [2.24, 2.45) is 5.41 Å². The molecule has 2 amide bonds. The van der Waals surface area contributed by atoms with Gasteiger partial charge in [0.25, 0.3) is 0 Å². The summed E-state index contributed by atoms with van der Waals surface area (Å²) in [7, 11) is 0. The fourth-order valence-corrected chi connectivity index (χ4v) is 4.75. The van der Waals surface area contributed by atoms with E-state index in [4.69, 9.17) is 5.10 Å². The number of piperidine rings is 1. The lowest BCUT2D eigenvalue weighted by Crippen LogP contribution is -2.51. The first kappa shape index (κ1) is 25.3. The third kappa shape index (κ3) is 5.40. The molecule has 190 valence electrons. The molecule has 1 saturated heterocycles. The normalized spacial score (nSPS) is 18.2. The molecule has 0 spiro atoms. The van der Waals surface area contributed by atoms with E-state index in [0.717, 1.165) is 16.7 Å². The highest BCUT2D eigenvalue weighted by molar-refractivity contribution is 5.90. The number of rotatable bonds is 5. The maximum atomic E-state index is 13.7. The fraction of sp³-hybridized carbons (Fsp3) is 0.407. The van der Waals surface area contributed by atoms with E-state index in [-0.39, 0.29) is 29.2 Å². The van der Waals surface area contributed by atoms with Crippen LogP contribution in [-0.2, 0) is 4.79 Å². The van der Waals surface area contributed by atoms with Crippen molar-refractivity contribution in [3.63, 3.8) is 0 Å². The van der Waals surface area contributed by atoms with E-state index in [1.807, 2.05) is 16.9 Å². The number of halogens is 1. The SMILES string of the molecule is CCC(=O)Nc1cc(-c2cn(C3CCN(C(=O)O)C(C(C)(C)C)C3)nc2-c2ccc(F)cc2)ccn1. The second-order valence-electron chi connectivity index (χ2n) is 10.2. The Hall–Kier alpha value is -3.75. The lowest BCUT2D eigenvalue weighted by molar-refractivity contribution is -0.115. The first-order valence-electron chi connectivity index (χ1n) is 12.2. The third-order valence-corrected chi connectivity index (χ3v) is 6.70. The minimum atomic E-state index is -0.903. The van der Waals surface area contributed by atoms with Crippen LogP contribution in [-0.4, -0.2) is 49.4 Å². The number of likely N-dealkylation sites (tertiary alicyclic amines) is 1. The van der Waals surface area contributed by atoms with Gasteiger partial charge in [-0.1, -0.05) is 27.7 Å². The van der Waals surface area contributed by atoms with Crippen molar-refractivity contribution in [2.45, 2.75) is 59.0 Å². The van der Waals surface area contributed by atoms with E-state index in [2.05, 4.69) is 31.1 Å². The van der Waals surface area contributed by atoms with Gasteiger partial charge in [-0.2, -0.15) is 5.10 Å². The van der Waals surface area contributed by atoms with Crippen molar-refractivity contribution in [1.29, 1.82) is 0 Å². The minimum absolute atomic E-state index is 0.00104. The predicted octanol–water partition coefficient (Wildman–Crippen LogP) is 5.83. The van der Waals surface area contributed by atoms with Crippen molar-refractivity contribution < 1.29 is 19.1 Å². The van der Waals surface area contributed by atoms with Gasteiger partial charge in [0.1, 0.15) is 17.3 Å². The minimum Gasteiger partial charge on any atom is -0.465 e. The molecule has 2 atom stereocenters. The number of carbonyl (C=O) groups excluding carboxylic acids is 1. The molecule has 36 heavy (non-hydrogen) atoms. The molecule has 0 bridgehead atoms. The van der Waals surface area contributed by atoms with Crippen LogP contribution < -0.4 is 5.32 Å². The number of anilines is 1. The number of hydrogen-bond donors (Lipinski definition) is 2. The van der Waals surface area contributed by atoms with E-state index < -0.39 is 6.09 Å². The average molecular weight is 494 g/mol. The molecule has 2 unspecified atom stereocenters. The van der Waals surface area contributed by atoms with Crippen LogP contribution in [0.2, 0.25) is 0 Å². The van der Waals surface area contributed by atoms with Gasteiger partial charge in [-0.3, -0.25) is 9.48 Å². The molecule has 0 aliphatic carbocycles. The second kappa shape index (κ2) is 10.1. The molecule has 8 nitrogen and oxygen atoms in total. The first-order valence-corrected chi connectivity index (χ1v) is 12.2. The van der Waals surface area contributed by atoms with Crippen LogP contribution in [0.1, 0.15) is 53.0 Å². The van der Waals surface area contributed by atoms with Crippen LogP contribution in [0.5, 0.6) is 0 Å². The maximum Gasteiger partial charge on any atom is 0.407 e. The van der Waals surface area contributed by atoms with Crippen LogP contribution >= 0.6 is 0 Å². The van der Waals surface area contributed by atoms with Gasteiger partial charge < -0.3 is 15.3 Å². The van der Waals surface area contributed by atoms with Gasteiger partial charge in [0.15, 0.2) is 0 Å². The van der Waals surface area contributed by atoms with E-state index in [1.165, 1.54) is 17.0 Å². The molecule has 0 radical (unpaired) electrons. The summed E-state index contributed by atoms with van der Waals surface area (Å²) in [6.07, 6.45) is 4.30. The van der Waals surface area contributed by atoms with Crippen molar-refractivity contribution >= 4 is 17.8 Å². The third-order valence-electron chi connectivity index (χ3n) is 6.70. The van der Waals surface area contributed by atoms with Gasteiger partial charge in [-0.05, 0) is 60.2 Å². The highest BCUT2D eigenvalue weighted by Gasteiger charge is 2.39.